The van der Waals surface area contributed by atoms with Crippen molar-refractivity contribution < 1.29 is 26.4 Å². The minimum Gasteiger partial charge on any atom is -0.383 e. The minimum atomic E-state index is -4.71. The van der Waals surface area contributed by atoms with Gasteiger partial charge in [0.1, 0.15) is 17.8 Å². The summed E-state index contributed by atoms with van der Waals surface area (Å²) >= 11 is 5.67. The molecule has 10 nitrogen and oxygen atoms in total. The van der Waals surface area contributed by atoms with Crippen LogP contribution in [0.2, 0.25) is 5.02 Å². The number of piperidine rings is 1. The van der Waals surface area contributed by atoms with Gasteiger partial charge in [-0.25, -0.2) is 27.4 Å². The van der Waals surface area contributed by atoms with E-state index >= 15 is 0 Å². The van der Waals surface area contributed by atoms with Gasteiger partial charge in [0.2, 0.25) is 10.0 Å². The van der Waals surface area contributed by atoms with E-state index in [9.17, 15) is 26.4 Å². The third kappa shape index (κ3) is 6.43. The number of alkyl halides is 3. The molecule has 3 heterocycles. The molecule has 1 atom stereocenters. The lowest BCUT2D eigenvalue weighted by molar-refractivity contribution is -0.137. The van der Waals surface area contributed by atoms with Crippen molar-refractivity contribution in [3.05, 3.63) is 75.7 Å². The Kier molecular flexibility index (Phi) is 8.08. The van der Waals surface area contributed by atoms with Crippen LogP contribution in [0.4, 0.5) is 24.7 Å². The van der Waals surface area contributed by atoms with Crippen LogP contribution in [0, 0.1) is 18.8 Å². The number of carbonyl (C=O) groups excluding carboxylic acids is 1. The molecular formula is C28H25ClF3N7O3S. The Labute approximate surface area is 250 Å². The molecule has 1 amide bonds. The van der Waals surface area contributed by atoms with Crippen molar-refractivity contribution in [1.29, 1.82) is 0 Å². The third-order valence-electron chi connectivity index (χ3n) is 7.04. The number of nitrogens with zero attached hydrogens (tertiary/aromatic N) is 5. The summed E-state index contributed by atoms with van der Waals surface area (Å²) in [5.41, 5.74) is 7.16. The maximum atomic E-state index is 13.3. The summed E-state index contributed by atoms with van der Waals surface area (Å²) in [5, 5.41) is 7.16. The molecule has 2 aromatic heterocycles. The van der Waals surface area contributed by atoms with E-state index < -0.39 is 32.7 Å². The Morgan fingerprint density at radius 2 is 1.93 bits per heavy atom. The number of aromatic nitrogens is 4. The molecule has 4 aromatic rings. The fourth-order valence-corrected chi connectivity index (χ4v) is 5.94. The largest absolute Gasteiger partial charge is 0.417 e. The summed E-state index contributed by atoms with van der Waals surface area (Å²) < 4.78 is 67.2. The minimum absolute atomic E-state index is 0.162. The Balaban J connectivity index is 1.46. The van der Waals surface area contributed by atoms with Crippen molar-refractivity contribution in [2.24, 2.45) is 0 Å². The molecule has 224 valence electrons. The van der Waals surface area contributed by atoms with E-state index in [-0.39, 0.29) is 24.0 Å². The zero-order valence-electron chi connectivity index (χ0n) is 22.9. The number of nitrogen functional groups attached to an aromatic ring is 1. The van der Waals surface area contributed by atoms with Gasteiger partial charge in [-0.3, -0.25) is 4.79 Å². The average Bonchev–Trinajstić information content (AvgIpc) is 3.32. The van der Waals surface area contributed by atoms with E-state index in [1.54, 1.807) is 29.8 Å². The highest BCUT2D eigenvalue weighted by atomic mass is 35.5. The number of benzene rings is 2. The normalized spacial score (nSPS) is 16.1. The van der Waals surface area contributed by atoms with Crippen LogP contribution < -0.4 is 11.1 Å². The summed E-state index contributed by atoms with van der Waals surface area (Å²) in [6.45, 7) is 2.46. The van der Waals surface area contributed by atoms with Crippen LogP contribution in [0.5, 0.6) is 0 Å². The quantitative estimate of drug-likeness (QED) is 0.313. The van der Waals surface area contributed by atoms with E-state index in [4.69, 9.17) is 17.3 Å². The number of hydrogen-bond donors (Lipinski definition) is 2. The lowest BCUT2D eigenvalue weighted by Crippen LogP contribution is -2.40. The van der Waals surface area contributed by atoms with Gasteiger partial charge in [0.25, 0.3) is 5.91 Å². The molecule has 0 spiro atoms. The number of nitrogens with one attached hydrogen (secondary N) is 1. The summed E-state index contributed by atoms with van der Waals surface area (Å²) in [6.07, 6.45) is -0.916. The molecule has 1 fully saturated rings. The smallest absolute Gasteiger partial charge is 0.383 e. The van der Waals surface area contributed by atoms with Gasteiger partial charge in [-0.2, -0.15) is 18.3 Å². The number of halogens is 4. The highest BCUT2D eigenvalue weighted by Crippen LogP contribution is 2.35. The van der Waals surface area contributed by atoms with Crippen molar-refractivity contribution in [2.45, 2.75) is 32.0 Å². The molecule has 3 N–H and O–H groups in total. The summed E-state index contributed by atoms with van der Waals surface area (Å²) in [5.74, 6) is 5.44. The number of amides is 1. The van der Waals surface area contributed by atoms with Crippen LogP contribution in [0.25, 0.3) is 11.0 Å². The number of aryl methyl sites for hydroxylation is 1. The predicted octanol–water partition coefficient (Wildman–Crippen LogP) is 4.64. The zero-order valence-corrected chi connectivity index (χ0v) is 24.5. The standard InChI is InChI=1S/C28H25ClF3N7O3S/c1-16-5-8-19(36-27(40)18-6-9-22(29)21(13-18)28(30,31)32)12-17(16)7-10-23-24-25(33)34-15-35-26(24)39(37-23)20-4-3-11-38(14-20)43(2,41)42/h5-6,8-9,12-13,15,20H,3-4,11,14H2,1-2H3,(H,36,40)(H2,33,34,35)/t20-/m1/s1. The fraction of sp³-hybridized carbons (Fsp3) is 0.286. The SMILES string of the molecule is Cc1ccc(NC(=O)c2ccc(Cl)c(C(F)(F)F)c2)cc1C#Cc1nn([C@@H]2CCCN(S(C)(=O)=O)C2)c2ncnc(N)c12. The number of sulfonamides is 1. The van der Waals surface area contributed by atoms with Crippen LogP contribution in [-0.4, -0.2) is 57.7 Å². The summed E-state index contributed by atoms with van der Waals surface area (Å²) in [4.78, 5) is 21.2. The molecule has 0 radical (unpaired) electrons. The predicted molar refractivity (Wildman–Crippen MR) is 156 cm³/mol. The topological polar surface area (TPSA) is 136 Å². The molecule has 1 aliphatic rings. The van der Waals surface area contributed by atoms with Crippen molar-refractivity contribution in [3.63, 3.8) is 0 Å². The van der Waals surface area contributed by atoms with E-state index in [1.807, 2.05) is 0 Å². The maximum Gasteiger partial charge on any atom is 0.417 e. The fourth-order valence-electron chi connectivity index (χ4n) is 4.81. The second-order valence-electron chi connectivity index (χ2n) is 10.1. The van der Waals surface area contributed by atoms with Gasteiger partial charge in [0.15, 0.2) is 5.65 Å². The van der Waals surface area contributed by atoms with Gasteiger partial charge in [0.05, 0.1) is 28.3 Å². The average molecular weight is 632 g/mol. The van der Waals surface area contributed by atoms with E-state index in [0.29, 0.717) is 53.4 Å². The first-order valence-electron chi connectivity index (χ1n) is 13.0. The lowest BCUT2D eigenvalue weighted by Gasteiger charge is -2.31. The van der Waals surface area contributed by atoms with Crippen LogP contribution in [0.3, 0.4) is 0 Å². The zero-order chi connectivity index (χ0) is 31.1. The molecule has 0 unspecified atom stereocenters. The Bertz CT molecular complexity index is 1920. The first kappa shape index (κ1) is 30.3. The van der Waals surface area contributed by atoms with E-state index in [2.05, 4.69) is 32.2 Å². The first-order chi connectivity index (χ1) is 20.2. The Hall–Kier alpha value is -4.19. The highest BCUT2D eigenvalue weighted by molar-refractivity contribution is 7.88. The van der Waals surface area contributed by atoms with Gasteiger partial charge in [-0.05, 0) is 61.6 Å². The molecule has 0 bridgehead atoms. The number of carbonyl (C=O) groups is 1. The van der Waals surface area contributed by atoms with Crippen molar-refractivity contribution >= 4 is 50.1 Å². The van der Waals surface area contributed by atoms with E-state index in [1.165, 1.54) is 23.0 Å². The van der Waals surface area contributed by atoms with Gasteiger partial charge in [-0.15, -0.1) is 0 Å². The molecule has 1 saturated heterocycles. The number of rotatable bonds is 4. The van der Waals surface area contributed by atoms with Gasteiger partial charge >= 0.3 is 6.18 Å². The second-order valence-corrected chi connectivity index (χ2v) is 12.5. The molecule has 0 aliphatic carbocycles. The van der Waals surface area contributed by atoms with Crippen LogP contribution in [-0.2, 0) is 16.2 Å². The number of fused-ring (bicyclic) bond motifs is 1. The van der Waals surface area contributed by atoms with Crippen LogP contribution >= 0.6 is 11.6 Å². The van der Waals surface area contributed by atoms with Crippen LogP contribution in [0.1, 0.15) is 51.6 Å². The maximum absolute atomic E-state index is 13.3. The van der Waals surface area contributed by atoms with Crippen molar-refractivity contribution in [2.75, 3.05) is 30.4 Å². The van der Waals surface area contributed by atoms with Crippen molar-refractivity contribution in [3.8, 4) is 11.8 Å². The number of nitrogens with two attached hydrogens (primary N) is 1. The van der Waals surface area contributed by atoms with Crippen molar-refractivity contribution in [1.82, 2.24) is 24.1 Å². The Morgan fingerprint density at radius 1 is 1.16 bits per heavy atom. The molecule has 0 saturated carbocycles. The molecule has 5 rings (SSSR count). The third-order valence-corrected chi connectivity index (χ3v) is 8.64. The monoisotopic (exact) mass is 631 g/mol. The van der Waals surface area contributed by atoms with Gasteiger partial charge < -0.3 is 11.1 Å². The van der Waals surface area contributed by atoms with Gasteiger partial charge in [-0.1, -0.05) is 23.6 Å². The van der Waals surface area contributed by atoms with Crippen LogP contribution in [0.15, 0.2) is 42.7 Å². The Morgan fingerprint density at radius 3 is 2.65 bits per heavy atom. The van der Waals surface area contributed by atoms with Gasteiger partial charge in [0, 0.05) is 29.9 Å². The lowest BCUT2D eigenvalue weighted by atomic mass is 10.1. The molecule has 43 heavy (non-hydrogen) atoms. The molecule has 15 heteroatoms. The second kappa shape index (κ2) is 11.5. The highest BCUT2D eigenvalue weighted by Gasteiger charge is 2.34. The van der Waals surface area contributed by atoms with E-state index in [0.717, 1.165) is 11.6 Å². The number of hydrogen-bond acceptors (Lipinski definition) is 7. The molecule has 1 aliphatic heterocycles. The number of anilines is 2. The summed E-state index contributed by atoms with van der Waals surface area (Å²) in [6, 6.07) is 7.53. The first-order valence-corrected chi connectivity index (χ1v) is 15.2. The molecular weight excluding hydrogens is 607 g/mol. The molecule has 2 aromatic carbocycles. The summed E-state index contributed by atoms with van der Waals surface area (Å²) in [7, 11) is -3.39.